The Kier molecular flexibility index (Phi) is 3.18. The van der Waals surface area contributed by atoms with Gasteiger partial charge in [-0.1, -0.05) is 6.92 Å². The summed E-state index contributed by atoms with van der Waals surface area (Å²) in [6, 6.07) is 0. The molecule has 0 spiro atoms. The van der Waals surface area contributed by atoms with Crippen LogP contribution in [0.1, 0.15) is 23.8 Å². The molecule has 0 amide bonds. The van der Waals surface area contributed by atoms with Gasteiger partial charge in [0.25, 0.3) is 0 Å². The van der Waals surface area contributed by atoms with Gasteiger partial charge in [0.2, 0.25) is 0 Å². The molecule has 1 aliphatic rings. The highest BCUT2D eigenvalue weighted by Crippen LogP contribution is 2.39. The van der Waals surface area contributed by atoms with Crippen molar-refractivity contribution in [3.8, 4) is 0 Å². The van der Waals surface area contributed by atoms with Crippen molar-refractivity contribution in [3.05, 3.63) is 16.8 Å². The van der Waals surface area contributed by atoms with E-state index in [4.69, 9.17) is 5.11 Å². The fourth-order valence-corrected chi connectivity index (χ4v) is 3.93. The molecule has 2 aromatic heterocycles. The number of aliphatic hydroxyl groups excluding tert-OH is 1. The monoisotopic (exact) mass is 263 g/mol. The van der Waals surface area contributed by atoms with Gasteiger partial charge in [0.1, 0.15) is 17.0 Å². The van der Waals surface area contributed by atoms with Crippen molar-refractivity contribution in [1.29, 1.82) is 0 Å². The summed E-state index contributed by atoms with van der Waals surface area (Å²) in [7, 11) is 0. The summed E-state index contributed by atoms with van der Waals surface area (Å²) in [5.41, 5.74) is 1.43. The SMILES string of the molecule is C[C@@H]1CCc2c(sc3ncnc(NCCO)c23)C1. The standard InChI is InChI=1S/C13H17N3OS/c1-8-2-3-9-10(6-8)18-13-11(9)12(14-4-5-17)15-7-16-13/h7-8,17H,2-6H2,1H3,(H,14,15,16)/t8-/m1/s1. The van der Waals surface area contributed by atoms with E-state index in [2.05, 4.69) is 22.2 Å². The maximum Gasteiger partial charge on any atom is 0.138 e. The number of nitrogens with one attached hydrogen (secondary N) is 1. The molecule has 0 radical (unpaired) electrons. The number of thiophene rings is 1. The van der Waals surface area contributed by atoms with Gasteiger partial charge in [-0.15, -0.1) is 11.3 Å². The van der Waals surface area contributed by atoms with Crippen molar-refractivity contribution in [2.75, 3.05) is 18.5 Å². The molecule has 0 bridgehead atoms. The minimum atomic E-state index is 0.120. The fraction of sp³-hybridized carbons (Fsp3) is 0.538. The number of fused-ring (bicyclic) bond motifs is 3. The summed E-state index contributed by atoms with van der Waals surface area (Å²) in [5.74, 6) is 1.65. The summed E-state index contributed by atoms with van der Waals surface area (Å²) < 4.78 is 0. The Bertz CT molecular complexity index is 567. The molecular weight excluding hydrogens is 246 g/mol. The van der Waals surface area contributed by atoms with Crippen LogP contribution in [0, 0.1) is 5.92 Å². The number of hydrogen-bond donors (Lipinski definition) is 2. The fourth-order valence-electron chi connectivity index (χ4n) is 2.58. The highest BCUT2D eigenvalue weighted by atomic mass is 32.1. The van der Waals surface area contributed by atoms with Crippen molar-refractivity contribution in [2.45, 2.75) is 26.2 Å². The van der Waals surface area contributed by atoms with Gasteiger partial charge in [-0.2, -0.15) is 0 Å². The van der Waals surface area contributed by atoms with Gasteiger partial charge >= 0.3 is 0 Å². The van der Waals surface area contributed by atoms with E-state index in [1.807, 2.05) is 0 Å². The number of aryl methyl sites for hydroxylation is 1. The van der Waals surface area contributed by atoms with Crippen LogP contribution in [0.4, 0.5) is 5.82 Å². The lowest BCUT2D eigenvalue weighted by atomic mass is 9.89. The molecule has 0 saturated heterocycles. The molecule has 3 rings (SSSR count). The molecule has 2 N–H and O–H groups in total. The molecule has 0 fully saturated rings. The first-order chi connectivity index (χ1) is 8.79. The smallest absolute Gasteiger partial charge is 0.138 e. The Morgan fingerprint density at radius 3 is 3.22 bits per heavy atom. The van der Waals surface area contributed by atoms with Crippen molar-refractivity contribution in [1.82, 2.24) is 9.97 Å². The van der Waals surface area contributed by atoms with E-state index in [1.165, 1.54) is 22.2 Å². The molecule has 0 unspecified atom stereocenters. The van der Waals surface area contributed by atoms with Gasteiger partial charge in [0.05, 0.1) is 12.0 Å². The number of anilines is 1. The molecule has 96 valence electrons. The second-order valence-corrected chi connectivity index (χ2v) is 5.99. The third-order valence-corrected chi connectivity index (χ3v) is 4.66. The molecule has 1 aliphatic carbocycles. The third kappa shape index (κ3) is 1.97. The van der Waals surface area contributed by atoms with Gasteiger partial charge in [-0.05, 0) is 30.7 Å². The van der Waals surface area contributed by atoms with Crippen molar-refractivity contribution in [2.24, 2.45) is 5.92 Å². The maximum absolute atomic E-state index is 8.92. The average Bonchev–Trinajstić information content (AvgIpc) is 2.73. The molecule has 2 aromatic rings. The van der Waals surface area contributed by atoms with Crippen molar-refractivity contribution < 1.29 is 5.11 Å². The summed E-state index contributed by atoms with van der Waals surface area (Å²) >= 11 is 1.80. The molecule has 5 heteroatoms. The van der Waals surface area contributed by atoms with Gasteiger partial charge < -0.3 is 10.4 Å². The number of aromatic nitrogens is 2. The lowest BCUT2D eigenvalue weighted by Crippen LogP contribution is -2.10. The minimum Gasteiger partial charge on any atom is -0.395 e. The highest BCUT2D eigenvalue weighted by Gasteiger charge is 2.22. The first-order valence-electron chi connectivity index (χ1n) is 6.39. The van der Waals surface area contributed by atoms with Gasteiger partial charge in [0.15, 0.2) is 0 Å². The van der Waals surface area contributed by atoms with Crippen molar-refractivity contribution >= 4 is 27.4 Å². The molecule has 0 aliphatic heterocycles. The Labute approximate surface area is 110 Å². The van der Waals surface area contributed by atoms with Gasteiger partial charge in [0, 0.05) is 11.4 Å². The number of nitrogens with zero attached hydrogens (tertiary/aromatic N) is 2. The summed E-state index contributed by atoms with van der Waals surface area (Å²) in [6.07, 6.45) is 5.13. The minimum absolute atomic E-state index is 0.120. The Hall–Kier alpha value is -1.20. The largest absolute Gasteiger partial charge is 0.395 e. The zero-order valence-corrected chi connectivity index (χ0v) is 11.3. The predicted octanol–water partition coefficient (Wildman–Crippen LogP) is 2.22. The number of hydrogen-bond acceptors (Lipinski definition) is 5. The van der Waals surface area contributed by atoms with Crippen LogP contribution < -0.4 is 5.32 Å². The average molecular weight is 263 g/mol. The molecule has 0 aromatic carbocycles. The van der Waals surface area contributed by atoms with E-state index in [0.717, 1.165) is 29.4 Å². The van der Waals surface area contributed by atoms with Crippen LogP contribution >= 0.6 is 11.3 Å². The van der Waals surface area contributed by atoms with E-state index >= 15 is 0 Å². The van der Waals surface area contributed by atoms with Crippen molar-refractivity contribution in [3.63, 3.8) is 0 Å². The third-order valence-electron chi connectivity index (χ3n) is 3.50. The van der Waals surface area contributed by atoms with Crippen LogP contribution in [-0.4, -0.2) is 28.2 Å². The van der Waals surface area contributed by atoms with E-state index in [9.17, 15) is 0 Å². The second-order valence-electron chi connectivity index (χ2n) is 4.90. The van der Waals surface area contributed by atoms with E-state index in [-0.39, 0.29) is 6.61 Å². The molecule has 1 atom stereocenters. The summed E-state index contributed by atoms with van der Waals surface area (Å²) in [4.78, 5) is 11.2. The van der Waals surface area contributed by atoms with Crippen LogP contribution in [-0.2, 0) is 12.8 Å². The van der Waals surface area contributed by atoms with Crippen LogP contribution in [0.2, 0.25) is 0 Å². The number of aliphatic hydroxyl groups is 1. The lowest BCUT2D eigenvalue weighted by molar-refractivity contribution is 0.311. The highest BCUT2D eigenvalue weighted by molar-refractivity contribution is 7.19. The Morgan fingerprint density at radius 1 is 1.50 bits per heavy atom. The zero-order chi connectivity index (χ0) is 12.5. The quantitative estimate of drug-likeness (QED) is 0.891. The molecule has 18 heavy (non-hydrogen) atoms. The summed E-state index contributed by atoms with van der Waals surface area (Å²) in [6.45, 7) is 2.96. The van der Waals surface area contributed by atoms with Crippen LogP contribution in [0.25, 0.3) is 10.2 Å². The van der Waals surface area contributed by atoms with Gasteiger partial charge in [-0.25, -0.2) is 9.97 Å². The zero-order valence-electron chi connectivity index (χ0n) is 10.4. The van der Waals surface area contributed by atoms with Crippen LogP contribution in [0.15, 0.2) is 6.33 Å². The Morgan fingerprint density at radius 2 is 2.39 bits per heavy atom. The lowest BCUT2D eigenvalue weighted by Gasteiger charge is -2.18. The molecule has 0 saturated carbocycles. The molecule has 4 nitrogen and oxygen atoms in total. The number of rotatable bonds is 3. The molecular formula is C13H17N3OS. The van der Waals surface area contributed by atoms with Crippen LogP contribution in [0.5, 0.6) is 0 Å². The van der Waals surface area contributed by atoms with E-state index < -0.39 is 0 Å². The van der Waals surface area contributed by atoms with Gasteiger partial charge in [-0.3, -0.25) is 0 Å². The second kappa shape index (κ2) is 4.82. The predicted molar refractivity (Wildman–Crippen MR) is 74.2 cm³/mol. The van der Waals surface area contributed by atoms with Crippen LogP contribution in [0.3, 0.4) is 0 Å². The Balaban J connectivity index is 2.09. The normalized spacial score (nSPS) is 18.9. The first kappa shape index (κ1) is 11.9. The maximum atomic E-state index is 8.92. The summed E-state index contributed by atoms with van der Waals surface area (Å²) in [5, 5.41) is 13.3. The van der Waals surface area contributed by atoms with E-state index in [0.29, 0.717) is 6.54 Å². The molecule has 2 heterocycles. The van der Waals surface area contributed by atoms with E-state index in [1.54, 1.807) is 17.7 Å². The topological polar surface area (TPSA) is 58.0 Å². The first-order valence-corrected chi connectivity index (χ1v) is 7.21.